The molecule has 1 heterocycles. The Hall–Kier alpha value is -2.78. The molecule has 1 aliphatic carbocycles. The van der Waals surface area contributed by atoms with Crippen molar-refractivity contribution in [1.82, 2.24) is 0 Å². The highest BCUT2D eigenvalue weighted by atomic mass is 16.7. The summed E-state index contributed by atoms with van der Waals surface area (Å²) in [7, 11) is 1.49. The summed E-state index contributed by atoms with van der Waals surface area (Å²) < 4.78 is 16.9. The molecule has 164 valence electrons. The molecule has 1 saturated heterocycles. The van der Waals surface area contributed by atoms with Crippen LogP contribution in [0.25, 0.3) is 0 Å². The van der Waals surface area contributed by atoms with Crippen LogP contribution >= 0.6 is 0 Å². The lowest BCUT2D eigenvalue weighted by Crippen LogP contribution is -2.56. The van der Waals surface area contributed by atoms with Gasteiger partial charge in [-0.25, -0.2) is 0 Å². The number of fused-ring (bicyclic) bond motifs is 2. The van der Waals surface area contributed by atoms with Crippen LogP contribution in [0.4, 0.5) is 0 Å². The summed E-state index contributed by atoms with van der Waals surface area (Å²) in [6.45, 7) is 3.25. The maximum atomic E-state index is 13.0. The minimum absolute atomic E-state index is 0.137. The summed E-state index contributed by atoms with van der Waals surface area (Å²) in [5.41, 5.74) is -0.852. The molecule has 0 bridgehead atoms. The van der Waals surface area contributed by atoms with Crippen LogP contribution in [0.5, 0.6) is 11.5 Å². The number of aliphatic hydroxyl groups is 1. The van der Waals surface area contributed by atoms with Gasteiger partial charge in [-0.3, -0.25) is 9.59 Å². The van der Waals surface area contributed by atoms with E-state index >= 15 is 0 Å². The van der Waals surface area contributed by atoms with Crippen LogP contribution < -0.4 is 0 Å². The van der Waals surface area contributed by atoms with E-state index < -0.39 is 47.2 Å². The minimum Gasteiger partial charge on any atom is -0.507 e. The lowest BCUT2D eigenvalue weighted by molar-refractivity contribution is -0.280. The molecule has 0 aromatic heterocycles. The number of aliphatic hydroxyl groups excluding tert-OH is 1. The summed E-state index contributed by atoms with van der Waals surface area (Å²) in [6, 6.07) is 7.48. The van der Waals surface area contributed by atoms with E-state index in [2.05, 4.69) is 0 Å². The number of methoxy groups -OCH3 is 1. The van der Waals surface area contributed by atoms with Crippen molar-refractivity contribution in [1.29, 1.82) is 0 Å². The van der Waals surface area contributed by atoms with Crippen LogP contribution in [0.3, 0.4) is 0 Å². The highest BCUT2D eigenvalue weighted by Gasteiger charge is 2.45. The van der Waals surface area contributed by atoms with Crippen LogP contribution in [0.2, 0.25) is 0 Å². The molecular formula is C23H24O8. The summed E-state index contributed by atoms with van der Waals surface area (Å²) >= 11 is 0. The molecule has 1 aliphatic heterocycles. The predicted octanol–water partition coefficient (Wildman–Crippen LogP) is 2.29. The van der Waals surface area contributed by atoms with E-state index in [0.29, 0.717) is 0 Å². The third kappa shape index (κ3) is 3.41. The molecule has 2 aromatic carbocycles. The third-order valence-electron chi connectivity index (χ3n) is 6.13. The van der Waals surface area contributed by atoms with Gasteiger partial charge in [-0.05, 0) is 19.9 Å². The van der Waals surface area contributed by atoms with Crippen LogP contribution in [-0.2, 0) is 20.8 Å². The Bertz CT molecular complexity index is 1060. The standard InChI is InChI=1S/C23H24O8/c1-11-22(28)23(2,29-3)9-16(31-11)30-10-12-8-15(24)17-18(19(12)25)21(27)14-7-5-4-6-13(14)20(17)26/h4-8,11,16,22,24-25,28H,9-10H2,1-3H3/t11-,16+,22-,23+/m0/s1. The number of phenolic OH excluding ortho intramolecular Hbond substituents is 2. The van der Waals surface area contributed by atoms with Crippen molar-refractivity contribution >= 4 is 11.6 Å². The number of ether oxygens (including phenoxy) is 3. The fraction of sp³-hybridized carbons (Fsp3) is 0.391. The van der Waals surface area contributed by atoms with Gasteiger partial charge in [0.2, 0.25) is 0 Å². The van der Waals surface area contributed by atoms with Crippen LogP contribution in [0.1, 0.15) is 57.7 Å². The van der Waals surface area contributed by atoms with E-state index in [1.165, 1.54) is 25.3 Å². The largest absolute Gasteiger partial charge is 0.507 e. The number of ketones is 2. The van der Waals surface area contributed by atoms with Crippen molar-refractivity contribution in [2.24, 2.45) is 0 Å². The number of carbonyl (C=O) groups is 2. The van der Waals surface area contributed by atoms with Gasteiger partial charge in [0.1, 0.15) is 17.6 Å². The van der Waals surface area contributed by atoms with Gasteiger partial charge in [0.25, 0.3) is 0 Å². The molecular weight excluding hydrogens is 404 g/mol. The Kier molecular flexibility index (Phi) is 5.35. The second-order valence-corrected chi connectivity index (χ2v) is 8.10. The van der Waals surface area contributed by atoms with Gasteiger partial charge >= 0.3 is 0 Å². The molecule has 0 unspecified atom stereocenters. The number of benzene rings is 2. The normalized spacial score (nSPS) is 27.7. The summed E-state index contributed by atoms with van der Waals surface area (Å²) in [6.07, 6.45) is -1.91. The zero-order chi connectivity index (χ0) is 22.5. The Morgan fingerprint density at radius 2 is 1.74 bits per heavy atom. The SMILES string of the molecule is CO[C@]1(C)C[C@H](OCc2cc(O)c3c(c2O)C(=O)c2ccccc2C3=O)O[C@@H](C)[C@@H]1O. The van der Waals surface area contributed by atoms with Crippen molar-refractivity contribution in [3.05, 3.63) is 58.1 Å². The molecule has 8 heteroatoms. The van der Waals surface area contributed by atoms with Crippen molar-refractivity contribution in [2.45, 2.75) is 51.0 Å². The molecule has 0 radical (unpaired) electrons. The molecule has 0 spiro atoms. The lowest BCUT2D eigenvalue weighted by Gasteiger charge is -2.44. The fourth-order valence-corrected chi connectivity index (χ4v) is 4.22. The monoisotopic (exact) mass is 428 g/mol. The van der Waals surface area contributed by atoms with Crippen molar-refractivity contribution in [2.75, 3.05) is 7.11 Å². The number of hydrogen-bond acceptors (Lipinski definition) is 8. The minimum atomic E-state index is -0.880. The summed E-state index contributed by atoms with van der Waals surface area (Å²) in [5.74, 6) is -1.90. The van der Waals surface area contributed by atoms with Crippen LogP contribution in [0, 0.1) is 0 Å². The van der Waals surface area contributed by atoms with E-state index in [-0.39, 0.29) is 40.8 Å². The Balaban J connectivity index is 1.63. The lowest BCUT2D eigenvalue weighted by atomic mass is 9.82. The molecule has 2 aromatic rings. The van der Waals surface area contributed by atoms with E-state index in [1.807, 2.05) is 0 Å². The molecule has 3 N–H and O–H groups in total. The van der Waals surface area contributed by atoms with E-state index in [4.69, 9.17) is 14.2 Å². The first kappa shape index (κ1) is 21.5. The first-order valence-electron chi connectivity index (χ1n) is 9.94. The second kappa shape index (κ2) is 7.72. The second-order valence-electron chi connectivity index (χ2n) is 8.10. The van der Waals surface area contributed by atoms with E-state index in [9.17, 15) is 24.9 Å². The molecule has 1 fully saturated rings. The molecule has 8 nitrogen and oxygen atoms in total. The van der Waals surface area contributed by atoms with Gasteiger partial charge in [0, 0.05) is 30.2 Å². The number of aromatic hydroxyl groups is 2. The highest BCUT2D eigenvalue weighted by Crippen LogP contribution is 2.41. The summed E-state index contributed by atoms with van der Waals surface area (Å²) in [4.78, 5) is 25.8. The topological polar surface area (TPSA) is 123 Å². The van der Waals surface area contributed by atoms with Gasteiger partial charge < -0.3 is 29.5 Å². The zero-order valence-corrected chi connectivity index (χ0v) is 17.4. The highest BCUT2D eigenvalue weighted by molar-refractivity contribution is 6.30. The van der Waals surface area contributed by atoms with Gasteiger partial charge in [-0.15, -0.1) is 0 Å². The molecule has 4 atom stereocenters. The number of hydrogen-bond donors (Lipinski definition) is 3. The summed E-state index contributed by atoms with van der Waals surface area (Å²) in [5, 5.41) is 31.6. The smallest absolute Gasteiger partial charge is 0.198 e. The quantitative estimate of drug-likeness (QED) is 0.541. The molecule has 0 saturated carbocycles. The van der Waals surface area contributed by atoms with Crippen molar-refractivity contribution in [3.63, 3.8) is 0 Å². The average molecular weight is 428 g/mol. The van der Waals surface area contributed by atoms with Crippen LogP contribution in [-0.4, -0.2) is 58.1 Å². The fourth-order valence-electron chi connectivity index (χ4n) is 4.22. The van der Waals surface area contributed by atoms with Gasteiger partial charge in [-0.2, -0.15) is 0 Å². The zero-order valence-electron chi connectivity index (χ0n) is 17.4. The number of carbonyl (C=O) groups excluding carboxylic acids is 2. The molecule has 0 amide bonds. The Morgan fingerprint density at radius 3 is 2.35 bits per heavy atom. The van der Waals surface area contributed by atoms with Crippen LogP contribution in [0.15, 0.2) is 30.3 Å². The van der Waals surface area contributed by atoms with E-state index in [0.717, 1.165) is 0 Å². The van der Waals surface area contributed by atoms with Gasteiger partial charge in [-0.1, -0.05) is 24.3 Å². The first-order valence-corrected chi connectivity index (χ1v) is 9.94. The maximum Gasteiger partial charge on any atom is 0.198 e. The van der Waals surface area contributed by atoms with Crippen molar-refractivity contribution < 1.29 is 39.1 Å². The Morgan fingerprint density at radius 1 is 1.13 bits per heavy atom. The van der Waals surface area contributed by atoms with E-state index in [1.54, 1.807) is 26.0 Å². The predicted molar refractivity (Wildman–Crippen MR) is 108 cm³/mol. The molecule has 31 heavy (non-hydrogen) atoms. The third-order valence-corrected chi connectivity index (χ3v) is 6.13. The number of phenols is 2. The molecule has 4 rings (SSSR count). The average Bonchev–Trinajstić information content (AvgIpc) is 2.76. The molecule has 2 aliphatic rings. The van der Waals surface area contributed by atoms with Crippen molar-refractivity contribution in [3.8, 4) is 11.5 Å². The van der Waals surface area contributed by atoms with Gasteiger partial charge in [0.05, 0.1) is 29.4 Å². The Labute approximate surface area is 179 Å². The maximum absolute atomic E-state index is 13.0. The first-order chi connectivity index (χ1) is 14.7. The van der Waals surface area contributed by atoms with Gasteiger partial charge in [0.15, 0.2) is 17.9 Å². The number of rotatable bonds is 4.